The number of benzene rings is 3. The summed E-state index contributed by atoms with van der Waals surface area (Å²) in [5.74, 6) is 1.56. The van der Waals surface area contributed by atoms with Crippen molar-refractivity contribution in [1.82, 2.24) is 0 Å². The van der Waals surface area contributed by atoms with Crippen LogP contribution in [-0.2, 0) is 17.6 Å². The summed E-state index contributed by atoms with van der Waals surface area (Å²) in [6, 6.07) is 19.5. The van der Waals surface area contributed by atoms with Crippen LogP contribution in [0.25, 0.3) is 6.08 Å². The van der Waals surface area contributed by atoms with E-state index < -0.39 is 0 Å². The lowest BCUT2D eigenvalue weighted by Gasteiger charge is -2.19. The van der Waals surface area contributed by atoms with Gasteiger partial charge in [-0.2, -0.15) is 0 Å². The molecule has 1 heterocycles. The zero-order chi connectivity index (χ0) is 25.7. The minimum Gasteiger partial charge on any atom is -0.496 e. The number of amidine groups is 1. The van der Waals surface area contributed by atoms with Crippen molar-refractivity contribution >= 4 is 40.3 Å². The minimum atomic E-state index is -0.134. The van der Waals surface area contributed by atoms with Gasteiger partial charge in [0, 0.05) is 11.6 Å². The van der Waals surface area contributed by atoms with Crippen LogP contribution in [0.3, 0.4) is 0 Å². The van der Waals surface area contributed by atoms with Crippen LogP contribution in [0.2, 0.25) is 0 Å². The molecule has 0 unspecified atom stereocenters. The summed E-state index contributed by atoms with van der Waals surface area (Å²) in [7, 11) is 4.74. The topological polar surface area (TPSA) is 60.4 Å². The van der Waals surface area contributed by atoms with E-state index >= 15 is 0 Å². The van der Waals surface area contributed by atoms with Crippen LogP contribution in [0, 0.1) is 0 Å². The number of hydrogen-bond donors (Lipinski definition) is 0. The molecule has 0 aromatic heterocycles. The molecule has 0 aliphatic carbocycles. The summed E-state index contributed by atoms with van der Waals surface area (Å²) < 4.78 is 16.5. The molecule has 6 nitrogen and oxygen atoms in total. The number of hydrogen-bond acceptors (Lipinski definition) is 6. The molecule has 1 aliphatic rings. The normalized spacial score (nSPS) is 15.6. The Bertz CT molecular complexity index is 1330. The van der Waals surface area contributed by atoms with E-state index in [1.807, 2.05) is 54.6 Å². The van der Waals surface area contributed by atoms with Crippen LogP contribution in [0.4, 0.5) is 11.4 Å². The standard InChI is InChI=1S/C29H30N2O4S/c1-6-19-12-8-10-14-22(19)30-29-31(23-15-11-9-13-20(23)7-2)28(32)27(36-29)17-21-16-25(34-4)26(35-5)18-24(21)33-3/h8-18H,6-7H2,1-5H3. The van der Waals surface area contributed by atoms with Gasteiger partial charge in [-0.3, -0.25) is 9.69 Å². The van der Waals surface area contributed by atoms with Gasteiger partial charge in [-0.05, 0) is 60.0 Å². The molecule has 4 rings (SSSR count). The molecule has 1 amide bonds. The van der Waals surface area contributed by atoms with Gasteiger partial charge in [-0.1, -0.05) is 50.2 Å². The van der Waals surface area contributed by atoms with Crippen molar-refractivity contribution in [3.8, 4) is 17.2 Å². The third kappa shape index (κ3) is 4.97. The molecule has 0 bridgehead atoms. The fourth-order valence-corrected chi connectivity index (χ4v) is 5.10. The van der Waals surface area contributed by atoms with E-state index in [1.54, 1.807) is 32.3 Å². The first-order valence-electron chi connectivity index (χ1n) is 11.8. The highest BCUT2D eigenvalue weighted by molar-refractivity contribution is 8.19. The maximum absolute atomic E-state index is 13.9. The monoisotopic (exact) mass is 502 g/mol. The van der Waals surface area contributed by atoms with Gasteiger partial charge >= 0.3 is 0 Å². The van der Waals surface area contributed by atoms with Crippen LogP contribution in [0.15, 0.2) is 70.6 Å². The molecule has 0 saturated carbocycles. The lowest BCUT2D eigenvalue weighted by Crippen LogP contribution is -2.29. The van der Waals surface area contributed by atoms with E-state index in [0.29, 0.717) is 32.9 Å². The molecule has 186 valence electrons. The van der Waals surface area contributed by atoms with Gasteiger partial charge in [-0.25, -0.2) is 4.99 Å². The first-order chi connectivity index (χ1) is 17.5. The zero-order valence-corrected chi connectivity index (χ0v) is 22.0. The number of amides is 1. The Labute approximate surface area is 216 Å². The number of carbonyl (C=O) groups is 1. The molecular formula is C29H30N2O4S. The number of ether oxygens (including phenoxy) is 3. The highest BCUT2D eigenvalue weighted by Crippen LogP contribution is 2.42. The summed E-state index contributed by atoms with van der Waals surface area (Å²) >= 11 is 1.35. The average molecular weight is 503 g/mol. The Morgan fingerprint density at radius 2 is 1.44 bits per heavy atom. The number of thioether (sulfide) groups is 1. The number of aliphatic imine (C=N–C) groups is 1. The third-order valence-corrected chi connectivity index (χ3v) is 7.00. The molecule has 1 fully saturated rings. The van der Waals surface area contributed by atoms with Crippen molar-refractivity contribution < 1.29 is 19.0 Å². The van der Waals surface area contributed by atoms with Crippen molar-refractivity contribution in [2.75, 3.05) is 26.2 Å². The van der Waals surface area contributed by atoms with Crippen LogP contribution in [-0.4, -0.2) is 32.4 Å². The molecule has 0 radical (unpaired) electrons. The average Bonchev–Trinajstić information content (AvgIpc) is 3.22. The van der Waals surface area contributed by atoms with Gasteiger partial charge in [0.05, 0.1) is 37.6 Å². The lowest BCUT2D eigenvalue weighted by molar-refractivity contribution is -0.113. The fourth-order valence-electron chi connectivity index (χ4n) is 4.12. The second-order valence-electron chi connectivity index (χ2n) is 8.06. The van der Waals surface area contributed by atoms with Gasteiger partial charge in [0.25, 0.3) is 5.91 Å². The fraction of sp³-hybridized carbons (Fsp3) is 0.241. The Balaban J connectivity index is 1.87. The van der Waals surface area contributed by atoms with Crippen LogP contribution in [0.5, 0.6) is 17.2 Å². The zero-order valence-electron chi connectivity index (χ0n) is 21.2. The van der Waals surface area contributed by atoms with Crippen molar-refractivity contribution in [3.63, 3.8) is 0 Å². The summed E-state index contributed by atoms with van der Waals surface area (Å²) in [6.07, 6.45) is 3.47. The van der Waals surface area contributed by atoms with E-state index in [0.717, 1.165) is 35.3 Å². The molecule has 1 aliphatic heterocycles. The summed E-state index contributed by atoms with van der Waals surface area (Å²) in [5, 5.41) is 0.618. The molecule has 0 spiro atoms. The third-order valence-electron chi connectivity index (χ3n) is 6.03. The van der Waals surface area contributed by atoms with Gasteiger partial charge in [0.15, 0.2) is 16.7 Å². The predicted molar refractivity (Wildman–Crippen MR) is 148 cm³/mol. The quantitative estimate of drug-likeness (QED) is 0.323. The second-order valence-corrected chi connectivity index (χ2v) is 9.07. The van der Waals surface area contributed by atoms with Crippen molar-refractivity contribution in [3.05, 3.63) is 82.3 Å². The van der Waals surface area contributed by atoms with Crippen LogP contribution >= 0.6 is 11.8 Å². The Kier molecular flexibility index (Phi) is 8.00. The van der Waals surface area contributed by atoms with Crippen LogP contribution in [0.1, 0.15) is 30.5 Å². The molecule has 7 heteroatoms. The Hall–Kier alpha value is -3.71. The molecular weight excluding hydrogens is 472 g/mol. The Morgan fingerprint density at radius 1 is 0.833 bits per heavy atom. The summed E-state index contributed by atoms with van der Waals surface area (Å²) in [4.78, 5) is 21.1. The van der Waals surface area contributed by atoms with Gasteiger partial charge in [0.2, 0.25) is 0 Å². The second kappa shape index (κ2) is 11.4. The molecule has 0 atom stereocenters. The summed E-state index contributed by atoms with van der Waals surface area (Å²) in [5.41, 5.74) is 4.62. The summed E-state index contributed by atoms with van der Waals surface area (Å²) in [6.45, 7) is 4.19. The lowest BCUT2D eigenvalue weighted by atomic mass is 10.1. The first kappa shape index (κ1) is 25.4. The highest BCUT2D eigenvalue weighted by atomic mass is 32.2. The van der Waals surface area contributed by atoms with Crippen LogP contribution < -0.4 is 19.1 Å². The molecule has 1 saturated heterocycles. The highest BCUT2D eigenvalue weighted by Gasteiger charge is 2.36. The van der Waals surface area contributed by atoms with E-state index in [2.05, 4.69) is 19.9 Å². The number of para-hydroxylation sites is 2. The van der Waals surface area contributed by atoms with E-state index in [4.69, 9.17) is 19.2 Å². The number of aryl methyl sites for hydroxylation is 2. The number of anilines is 1. The number of carbonyl (C=O) groups excluding carboxylic acids is 1. The maximum atomic E-state index is 13.9. The molecule has 0 N–H and O–H groups in total. The van der Waals surface area contributed by atoms with E-state index in [1.165, 1.54) is 11.8 Å². The van der Waals surface area contributed by atoms with Gasteiger partial charge in [0.1, 0.15) is 5.75 Å². The SMILES string of the molecule is CCc1ccccc1N=C1SC(=Cc2cc(OC)c(OC)cc2OC)C(=O)N1c1ccccc1CC. The van der Waals surface area contributed by atoms with Crippen molar-refractivity contribution in [2.24, 2.45) is 4.99 Å². The smallest absolute Gasteiger partial charge is 0.271 e. The van der Waals surface area contributed by atoms with Gasteiger partial charge < -0.3 is 14.2 Å². The van der Waals surface area contributed by atoms with E-state index in [9.17, 15) is 4.79 Å². The van der Waals surface area contributed by atoms with Crippen molar-refractivity contribution in [2.45, 2.75) is 26.7 Å². The molecule has 3 aromatic carbocycles. The van der Waals surface area contributed by atoms with E-state index in [-0.39, 0.29) is 5.91 Å². The predicted octanol–water partition coefficient (Wildman–Crippen LogP) is 6.65. The number of nitrogens with zero attached hydrogens (tertiary/aromatic N) is 2. The van der Waals surface area contributed by atoms with Gasteiger partial charge in [-0.15, -0.1) is 0 Å². The molecule has 3 aromatic rings. The molecule has 36 heavy (non-hydrogen) atoms. The largest absolute Gasteiger partial charge is 0.496 e. The minimum absolute atomic E-state index is 0.134. The van der Waals surface area contributed by atoms with Crippen molar-refractivity contribution in [1.29, 1.82) is 0 Å². The Morgan fingerprint density at radius 3 is 2.11 bits per heavy atom. The number of methoxy groups -OCH3 is 3. The maximum Gasteiger partial charge on any atom is 0.271 e. The number of rotatable bonds is 8. The first-order valence-corrected chi connectivity index (χ1v) is 12.6.